The van der Waals surface area contributed by atoms with Gasteiger partial charge in [0.2, 0.25) is 5.95 Å². The number of aromatic nitrogens is 3. The minimum Gasteiger partial charge on any atom is -0.493 e. The van der Waals surface area contributed by atoms with Crippen LogP contribution in [0.5, 0.6) is 11.5 Å². The van der Waals surface area contributed by atoms with Crippen molar-refractivity contribution in [2.45, 2.75) is 25.8 Å². The van der Waals surface area contributed by atoms with E-state index < -0.39 is 5.82 Å². The van der Waals surface area contributed by atoms with Crippen molar-refractivity contribution in [3.63, 3.8) is 0 Å². The molecule has 1 aliphatic heterocycles. The number of ether oxygens (including phenoxy) is 2. The maximum atomic E-state index is 15.3. The fourth-order valence-corrected chi connectivity index (χ4v) is 5.04. The number of hydrogen-bond acceptors (Lipinski definition) is 8. The third-order valence-electron chi connectivity index (χ3n) is 6.92. The normalized spacial score (nSPS) is 15.6. The van der Waals surface area contributed by atoms with E-state index in [0.717, 1.165) is 23.7 Å². The van der Waals surface area contributed by atoms with Gasteiger partial charge in [-0.3, -0.25) is 4.79 Å². The molecule has 0 radical (unpaired) electrons. The van der Waals surface area contributed by atoms with Crippen molar-refractivity contribution >= 4 is 39.5 Å². The van der Waals surface area contributed by atoms with Crippen LogP contribution in [-0.4, -0.2) is 65.7 Å². The molecular formula is C27H28FN7O3. The minimum atomic E-state index is -0.670. The second kappa shape index (κ2) is 10.0. The van der Waals surface area contributed by atoms with Crippen LogP contribution in [0.2, 0.25) is 0 Å². The zero-order chi connectivity index (χ0) is 27.0. The van der Waals surface area contributed by atoms with Gasteiger partial charge in [0.15, 0.2) is 17.3 Å². The van der Waals surface area contributed by atoms with E-state index >= 15 is 4.39 Å². The molecule has 0 aliphatic carbocycles. The summed E-state index contributed by atoms with van der Waals surface area (Å²) in [6.07, 6.45) is 1.65. The summed E-state index contributed by atoms with van der Waals surface area (Å²) in [5.41, 5.74) is 8.10. The molecule has 1 aliphatic rings. The lowest BCUT2D eigenvalue weighted by Gasteiger charge is -2.41. The van der Waals surface area contributed by atoms with Gasteiger partial charge in [-0.25, -0.2) is 9.37 Å². The van der Waals surface area contributed by atoms with Crippen LogP contribution in [-0.2, 0) is 0 Å². The van der Waals surface area contributed by atoms with E-state index in [0.29, 0.717) is 42.2 Å². The third-order valence-corrected chi connectivity index (χ3v) is 6.92. The molecule has 196 valence electrons. The zero-order valence-electron chi connectivity index (χ0n) is 21.4. The number of nitriles is 1. The lowest BCUT2D eigenvalue weighted by atomic mass is 10.1. The van der Waals surface area contributed by atoms with Crippen LogP contribution in [0.1, 0.15) is 35.8 Å². The molecule has 0 saturated carbocycles. The Balaban J connectivity index is 1.44. The Hall–Kier alpha value is -4.59. The summed E-state index contributed by atoms with van der Waals surface area (Å²) >= 11 is 0. The van der Waals surface area contributed by atoms with E-state index in [1.165, 1.54) is 14.2 Å². The molecule has 0 spiro atoms. The molecule has 0 bridgehead atoms. The van der Waals surface area contributed by atoms with E-state index in [4.69, 9.17) is 20.5 Å². The van der Waals surface area contributed by atoms with E-state index in [9.17, 15) is 4.79 Å². The Bertz CT molecular complexity index is 1580. The van der Waals surface area contributed by atoms with Crippen molar-refractivity contribution in [1.29, 1.82) is 5.26 Å². The number of benzene rings is 2. The number of carbonyl (C=O) groups excluding carboxylic acids is 1. The summed E-state index contributed by atoms with van der Waals surface area (Å²) in [7, 11) is 2.78. The second-order valence-electron chi connectivity index (χ2n) is 9.21. The van der Waals surface area contributed by atoms with E-state index in [2.05, 4.69) is 27.9 Å². The number of aromatic amines is 1. The number of anilines is 2. The van der Waals surface area contributed by atoms with Gasteiger partial charge in [-0.15, -0.1) is 0 Å². The Labute approximate surface area is 218 Å². The molecule has 38 heavy (non-hydrogen) atoms. The van der Waals surface area contributed by atoms with E-state index in [-0.39, 0.29) is 34.8 Å². The number of H-pyrrole nitrogens is 1. The minimum absolute atomic E-state index is 0.0497. The number of amides is 1. The van der Waals surface area contributed by atoms with Crippen LogP contribution in [0.4, 0.5) is 16.2 Å². The summed E-state index contributed by atoms with van der Waals surface area (Å²) < 4.78 is 25.8. The van der Waals surface area contributed by atoms with Crippen molar-refractivity contribution in [1.82, 2.24) is 19.9 Å². The van der Waals surface area contributed by atoms with Gasteiger partial charge in [0, 0.05) is 42.0 Å². The Morgan fingerprint density at radius 3 is 2.76 bits per heavy atom. The average molecular weight is 518 g/mol. The summed E-state index contributed by atoms with van der Waals surface area (Å²) in [6.45, 7) is 3.39. The maximum Gasteiger partial charge on any atom is 0.270 e. The molecule has 1 fully saturated rings. The highest BCUT2D eigenvalue weighted by atomic mass is 19.1. The van der Waals surface area contributed by atoms with Crippen LogP contribution in [0, 0.1) is 17.1 Å². The monoisotopic (exact) mass is 517 g/mol. The first-order valence-electron chi connectivity index (χ1n) is 12.3. The van der Waals surface area contributed by atoms with Crippen LogP contribution in [0.15, 0.2) is 30.3 Å². The smallest absolute Gasteiger partial charge is 0.270 e. The highest BCUT2D eigenvalue weighted by Crippen LogP contribution is 2.38. The number of hydrogen-bond donors (Lipinski definition) is 2. The number of halogens is 1. The first-order valence-corrected chi connectivity index (χ1v) is 12.3. The van der Waals surface area contributed by atoms with Crippen LogP contribution < -0.4 is 20.1 Å². The number of rotatable bonds is 6. The van der Waals surface area contributed by atoms with Gasteiger partial charge in [-0.1, -0.05) is 13.3 Å². The molecule has 1 saturated heterocycles. The number of nitrogens with zero attached hydrogens (tertiary/aromatic N) is 5. The molecule has 5 rings (SSSR count). The van der Waals surface area contributed by atoms with E-state index in [1.807, 2.05) is 4.90 Å². The molecule has 0 unspecified atom stereocenters. The summed E-state index contributed by atoms with van der Waals surface area (Å²) in [5, 5.41) is 10.3. The molecule has 3 N–H and O–H groups in total. The highest BCUT2D eigenvalue weighted by molar-refractivity contribution is 5.98. The van der Waals surface area contributed by atoms with Gasteiger partial charge in [-0.05, 0) is 36.8 Å². The highest BCUT2D eigenvalue weighted by Gasteiger charge is 2.32. The third kappa shape index (κ3) is 4.28. The van der Waals surface area contributed by atoms with Crippen molar-refractivity contribution in [3.8, 4) is 17.6 Å². The first kappa shape index (κ1) is 25.1. The second-order valence-corrected chi connectivity index (χ2v) is 9.21. The Morgan fingerprint density at radius 2 is 2.05 bits per heavy atom. The quantitative estimate of drug-likeness (QED) is 0.394. The number of nitrogens with two attached hydrogens (primary N) is 1. The van der Waals surface area contributed by atoms with Crippen LogP contribution >= 0.6 is 0 Å². The van der Waals surface area contributed by atoms with Crippen molar-refractivity contribution in [2.75, 3.05) is 44.5 Å². The largest absolute Gasteiger partial charge is 0.493 e. The molecule has 1 amide bonds. The summed E-state index contributed by atoms with van der Waals surface area (Å²) in [5.74, 6) is -0.199. The van der Waals surface area contributed by atoms with Gasteiger partial charge < -0.3 is 30.0 Å². The topological polar surface area (TPSA) is 133 Å². The average Bonchev–Trinajstić information content (AvgIpc) is 3.36. The standard InChI is InChI=1S/C27H28FN7O3/c1-4-5-17-14-34(26(36)20-11-16-10-15(13-29)6-7-19(16)31-20)8-9-35(17)27-32-23-18(25(30)33-27)12-21(37-2)24(38-3)22(23)28/h6-7,10-12,17,31H,4-5,8-9,14H2,1-3H3,(H2,30,32,33)/t17-/m0/s1. The van der Waals surface area contributed by atoms with Gasteiger partial charge in [0.25, 0.3) is 5.91 Å². The van der Waals surface area contributed by atoms with Gasteiger partial charge in [0.1, 0.15) is 17.0 Å². The molecule has 4 aromatic rings. The molecule has 2 aromatic carbocycles. The zero-order valence-corrected chi connectivity index (χ0v) is 21.4. The number of fused-ring (bicyclic) bond motifs is 2. The molecule has 2 aromatic heterocycles. The predicted octanol–water partition coefficient (Wildman–Crippen LogP) is 3.85. The van der Waals surface area contributed by atoms with Gasteiger partial charge >= 0.3 is 0 Å². The molecule has 3 heterocycles. The number of methoxy groups -OCH3 is 2. The van der Waals surface area contributed by atoms with Crippen molar-refractivity contribution < 1.29 is 18.7 Å². The lowest BCUT2D eigenvalue weighted by Crippen LogP contribution is -2.55. The molecule has 11 heteroatoms. The number of piperazine rings is 1. The first-order chi connectivity index (χ1) is 18.4. The van der Waals surface area contributed by atoms with Crippen molar-refractivity contribution in [3.05, 3.63) is 47.4 Å². The predicted molar refractivity (Wildman–Crippen MR) is 142 cm³/mol. The number of carbonyl (C=O) groups is 1. The fraction of sp³-hybridized carbons (Fsp3) is 0.333. The SMILES string of the molecule is CCC[C@H]1CN(C(=O)c2cc3cc(C#N)ccc3[nH]2)CCN1c1nc(N)c2cc(OC)c(OC)c(F)c2n1. The maximum absolute atomic E-state index is 15.3. The van der Waals surface area contributed by atoms with Gasteiger partial charge in [0.05, 0.1) is 25.9 Å². The number of nitrogen functional groups attached to an aromatic ring is 1. The Morgan fingerprint density at radius 1 is 1.24 bits per heavy atom. The number of nitrogens with one attached hydrogen (secondary N) is 1. The summed E-state index contributed by atoms with van der Waals surface area (Å²) in [4.78, 5) is 29.4. The molecule has 1 atom stereocenters. The fourth-order valence-electron chi connectivity index (χ4n) is 5.04. The van der Waals surface area contributed by atoms with Crippen LogP contribution in [0.3, 0.4) is 0 Å². The molecule has 10 nitrogen and oxygen atoms in total. The van der Waals surface area contributed by atoms with Crippen molar-refractivity contribution in [2.24, 2.45) is 0 Å². The van der Waals surface area contributed by atoms with Crippen LogP contribution in [0.25, 0.3) is 21.8 Å². The van der Waals surface area contributed by atoms with E-state index in [1.54, 1.807) is 35.2 Å². The lowest BCUT2D eigenvalue weighted by molar-refractivity contribution is 0.0713. The summed E-state index contributed by atoms with van der Waals surface area (Å²) in [6, 6.07) is 10.6. The molecular weight excluding hydrogens is 489 g/mol. The Kier molecular flexibility index (Phi) is 6.63. The van der Waals surface area contributed by atoms with Gasteiger partial charge in [-0.2, -0.15) is 10.2 Å².